The molecule has 0 aromatic rings. The fourth-order valence-electron chi connectivity index (χ4n) is 1.76. The first-order valence-electron chi connectivity index (χ1n) is 6.16. The van der Waals surface area contributed by atoms with Gasteiger partial charge >= 0.3 is 0 Å². The smallest absolute Gasteiger partial charge is 0.136 e. The van der Waals surface area contributed by atoms with Crippen molar-refractivity contribution in [1.82, 2.24) is 5.32 Å². The Morgan fingerprint density at radius 1 is 1.56 bits per heavy atom. The summed E-state index contributed by atoms with van der Waals surface area (Å²) in [4.78, 5) is 15.6. The van der Waals surface area contributed by atoms with E-state index in [1.54, 1.807) is 6.92 Å². The number of hydrogen-bond donors (Lipinski definition) is 1. The Labute approximate surface area is 98.0 Å². The molecule has 0 saturated carbocycles. The van der Waals surface area contributed by atoms with Crippen molar-refractivity contribution >= 4 is 11.5 Å². The van der Waals surface area contributed by atoms with E-state index in [1.165, 1.54) is 0 Å². The van der Waals surface area contributed by atoms with Gasteiger partial charge in [0.1, 0.15) is 5.78 Å². The molecule has 0 aromatic carbocycles. The maximum Gasteiger partial charge on any atom is 0.136 e. The molecule has 0 radical (unpaired) electrons. The Bertz CT molecular complexity index is 282. The van der Waals surface area contributed by atoms with Crippen LogP contribution in [0.1, 0.15) is 33.1 Å². The van der Waals surface area contributed by atoms with Crippen LogP contribution in [0.3, 0.4) is 0 Å². The van der Waals surface area contributed by atoms with Gasteiger partial charge in [0.05, 0.1) is 6.54 Å². The highest BCUT2D eigenvalue weighted by molar-refractivity contribution is 5.97. The molecule has 0 aromatic heterocycles. The second kappa shape index (κ2) is 7.34. The van der Waals surface area contributed by atoms with E-state index in [-0.39, 0.29) is 11.7 Å². The van der Waals surface area contributed by atoms with E-state index in [4.69, 9.17) is 0 Å². The van der Waals surface area contributed by atoms with Gasteiger partial charge in [-0.1, -0.05) is 13.0 Å². The zero-order chi connectivity index (χ0) is 11.8. The van der Waals surface area contributed by atoms with Crippen molar-refractivity contribution < 1.29 is 4.79 Å². The van der Waals surface area contributed by atoms with Gasteiger partial charge in [0.2, 0.25) is 0 Å². The summed E-state index contributed by atoms with van der Waals surface area (Å²) in [5.41, 5.74) is 1.13. The first kappa shape index (κ1) is 13.1. The first-order chi connectivity index (χ1) is 7.74. The number of carbonyl (C=O) groups is 1. The minimum Gasteiger partial charge on any atom is -0.315 e. The van der Waals surface area contributed by atoms with Crippen LogP contribution in [0.5, 0.6) is 0 Å². The molecule has 1 aliphatic rings. The molecule has 3 heteroatoms. The highest BCUT2D eigenvalue weighted by atomic mass is 16.1. The Balaban J connectivity index is 2.26. The lowest BCUT2D eigenvalue weighted by atomic mass is 9.92. The number of nitrogens with zero attached hydrogens (tertiary/aromatic N) is 1. The summed E-state index contributed by atoms with van der Waals surface area (Å²) < 4.78 is 0. The SMILES string of the molecule is CCCNCCN=C1C=CC(C(C)=O)CC1. The van der Waals surface area contributed by atoms with Crippen LogP contribution in [-0.4, -0.2) is 31.1 Å². The van der Waals surface area contributed by atoms with Gasteiger partial charge in [-0.25, -0.2) is 0 Å². The summed E-state index contributed by atoms with van der Waals surface area (Å²) in [7, 11) is 0. The van der Waals surface area contributed by atoms with E-state index in [9.17, 15) is 4.79 Å². The summed E-state index contributed by atoms with van der Waals surface area (Å²) >= 11 is 0. The number of allylic oxidation sites excluding steroid dienone is 2. The molecule has 0 spiro atoms. The molecule has 1 atom stereocenters. The molecular weight excluding hydrogens is 200 g/mol. The van der Waals surface area contributed by atoms with E-state index < -0.39 is 0 Å². The fourth-order valence-corrected chi connectivity index (χ4v) is 1.76. The van der Waals surface area contributed by atoms with Crippen LogP contribution in [0.2, 0.25) is 0 Å². The van der Waals surface area contributed by atoms with E-state index in [1.807, 2.05) is 12.2 Å². The van der Waals surface area contributed by atoms with Crippen LogP contribution in [-0.2, 0) is 4.79 Å². The molecule has 0 heterocycles. The Kier molecular flexibility index (Phi) is 6.01. The number of hydrogen-bond acceptors (Lipinski definition) is 3. The average Bonchev–Trinajstić information content (AvgIpc) is 2.29. The van der Waals surface area contributed by atoms with Gasteiger partial charge in [-0.15, -0.1) is 0 Å². The molecule has 3 nitrogen and oxygen atoms in total. The Morgan fingerprint density at radius 3 is 2.94 bits per heavy atom. The molecule has 0 bridgehead atoms. The summed E-state index contributed by atoms with van der Waals surface area (Å²) in [6.07, 6.45) is 7.03. The normalized spacial score (nSPS) is 22.6. The molecule has 1 N–H and O–H groups in total. The first-order valence-corrected chi connectivity index (χ1v) is 6.16. The molecule has 0 saturated heterocycles. The van der Waals surface area contributed by atoms with E-state index >= 15 is 0 Å². The Morgan fingerprint density at radius 2 is 2.38 bits per heavy atom. The largest absolute Gasteiger partial charge is 0.315 e. The second-order valence-corrected chi connectivity index (χ2v) is 4.24. The van der Waals surface area contributed by atoms with Crippen molar-refractivity contribution in [3.05, 3.63) is 12.2 Å². The third-order valence-corrected chi connectivity index (χ3v) is 2.78. The lowest BCUT2D eigenvalue weighted by molar-refractivity contribution is -0.119. The summed E-state index contributed by atoms with van der Waals surface area (Å²) in [5, 5.41) is 3.32. The van der Waals surface area contributed by atoms with Crippen molar-refractivity contribution in [1.29, 1.82) is 0 Å². The molecule has 1 rings (SSSR count). The fraction of sp³-hybridized carbons (Fsp3) is 0.692. The van der Waals surface area contributed by atoms with E-state index in [0.29, 0.717) is 0 Å². The van der Waals surface area contributed by atoms with Gasteiger partial charge < -0.3 is 5.32 Å². The van der Waals surface area contributed by atoms with Crippen LogP contribution in [0.4, 0.5) is 0 Å². The highest BCUT2D eigenvalue weighted by Gasteiger charge is 2.15. The van der Waals surface area contributed by atoms with Crippen molar-refractivity contribution in [3.63, 3.8) is 0 Å². The summed E-state index contributed by atoms with van der Waals surface area (Å²) in [6.45, 7) is 6.66. The standard InChI is InChI=1S/C13H22N2O/c1-3-8-14-9-10-15-13-6-4-12(5-7-13)11(2)16/h4,6,12,14H,3,5,7-10H2,1-2H3. The lowest BCUT2D eigenvalue weighted by Crippen LogP contribution is -2.19. The molecule has 1 aliphatic carbocycles. The van der Waals surface area contributed by atoms with Crippen molar-refractivity contribution in [2.45, 2.75) is 33.1 Å². The van der Waals surface area contributed by atoms with Gasteiger partial charge in [0.15, 0.2) is 0 Å². The van der Waals surface area contributed by atoms with E-state index in [2.05, 4.69) is 17.2 Å². The Hall–Kier alpha value is -0.960. The topological polar surface area (TPSA) is 41.5 Å². The number of carbonyl (C=O) groups excluding carboxylic acids is 1. The predicted octanol–water partition coefficient (Wildman–Crippen LogP) is 1.98. The van der Waals surface area contributed by atoms with Gasteiger partial charge in [0.25, 0.3) is 0 Å². The molecule has 0 fully saturated rings. The number of Topliss-reactive ketones (excluding diaryl/α,β-unsaturated/α-hetero) is 1. The molecule has 16 heavy (non-hydrogen) atoms. The maximum absolute atomic E-state index is 11.1. The number of rotatable bonds is 6. The number of aliphatic imine (C=N–C) groups is 1. The maximum atomic E-state index is 11.1. The second-order valence-electron chi connectivity index (χ2n) is 4.24. The summed E-state index contributed by atoms with van der Waals surface area (Å²) in [5.74, 6) is 0.386. The van der Waals surface area contributed by atoms with Crippen molar-refractivity contribution in [3.8, 4) is 0 Å². The quantitative estimate of drug-likeness (QED) is 0.698. The van der Waals surface area contributed by atoms with Crippen molar-refractivity contribution in [2.24, 2.45) is 10.9 Å². The summed E-state index contributed by atoms with van der Waals surface area (Å²) in [6, 6.07) is 0. The molecule has 1 unspecified atom stereocenters. The van der Waals surface area contributed by atoms with Gasteiger partial charge in [-0.05, 0) is 38.8 Å². The lowest BCUT2D eigenvalue weighted by Gasteiger charge is -2.14. The molecule has 0 aliphatic heterocycles. The molecule has 90 valence electrons. The third kappa shape index (κ3) is 4.71. The minimum absolute atomic E-state index is 0.122. The zero-order valence-electron chi connectivity index (χ0n) is 10.3. The van der Waals surface area contributed by atoms with Crippen molar-refractivity contribution in [2.75, 3.05) is 19.6 Å². The number of ketones is 1. The molecular formula is C13H22N2O. The zero-order valence-corrected chi connectivity index (χ0v) is 10.3. The average molecular weight is 222 g/mol. The molecule has 0 amide bonds. The third-order valence-electron chi connectivity index (χ3n) is 2.78. The van der Waals surface area contributed by atoms with Gasteiger partial charge in [0, 0.05) is 18.2 Å². The number of nitrogens with one attached hydrogen (secondary N) is 1. The van der Waals surface area contributed by atoms with Crippen LogP contribution in [0.15, 0.2) is 17.1 Å². The monoisotopic (exact) mass is 222 g/mol. The van der Waals surface area contributed by atoms with Gasteiger partial charge in [-0.3, -0.25) is 9.79 Å². The van der Waals surface area contributed by atoms with Crippen LogP contribution >= 0.6 is 0 Å². The highest BCUT2D eigenvalue weighted by Crippen LogP contribution is 2.16. The predicted molar refractivity (Wildman–Crippen MR) is 68.0 cm³/mol. The van der Waals surface area contributed by atoms with Crippen LogP contribution in [0, 0.1) is 5.92 Å². The minimum atomic E-state index is 0.122. The van der Waals surface area contributed by atoms with Gasteiger partial charge in [-0.2, -0.15) is 0 Å². The van der Waals surface area contributed by atoms with Crippen LogP contribution < -0.4 is 5.32 Å². The van der Waals surface area contributed by atoms with E-state index in [0.717, 1.165) is 44.6 Å². The van der Waals surface area contributed by atoms with Crippen LogP contribution in [0.25, 0.3) is 0 Å².